The lowest BCUT2D eigenvalue weighted by molar-refractivity contribution is -0.126. The Hall–Kier alpha value is -1.33. The molecule has 0 atom stereocenters. The predicted octanol–water partition coefficient (Wildman–Crippen LogP) is -0.214. The van der Waals surface area contributed by atoms with Crippen molar-refractivity contribution in [2.45, 2.75) is 6.61 Å². The standard InChI is InChI=1S/C7H10N2O3/c8-9-7(10)5-11-4-6-2-1-3-12-6/h1-3H,4-5,8H2,(H,9,10). The largest absolute Gasteiger partial charge is 0.467 e. The predicted molar refractivity (Wildman–Crippen MR) is 40.7 cm³/mol. The second kappa shape index (κ2) is 4.53. The van der Waals surface area contributed by atoms with Crippen LogP contribution in [0.3, 0.4) is 0 Å². The highest BCUT2D eigenvalue weighted by Crippen LogP contribution is 2.00. The van der Waals surface area contributed by atoms with Gasteiger partial charge < -0.3 is 9.15 Å². The van der Waals surface area contributed by atoms with Crippen molar-refractivity contribution >= 4 is 5.91 Å². The number of amides is 1. The Morgan fingerprint density at radius 1 is 1.75 bits per heavy atom. The number of hydrogen-bond donors (Lipinski definition) is 2. The molecule has 0 aliphatic rings. The van der Waals surface area contributed by atoms with Crippen LogP contribution in [0.4, 0.5) is 0 Å². The highest BCUT2D eigenvalue weighted by atomic mass is 16.5. The average molecular weight is 170 g/mol. The fourth-order valence-electron chi connectivity index (χ4n) is 0.681. The summed E-state index contributed by atoms with van der Waals surface area (Å²) >= 11 is 0. The smallest absolute Gasteiger partial charge is 0.259 e. The Morgan fingerprint density at radius 2 is 2.58 bits per heavy atom. The lowest BCUT2D eigenvalue weighted by Gasteiger charge is -1.99. The number of carbonyl (C=O) groups excluding carboxylic acids is 1. The van der Waals surface area contributed by atoms with E-state index in [4.69, 9.17) is 15.0 Å². The number of carbonyl (C=O) groups is 1. The van der Waals surface area contributed by atoms with Crippen molar-refractivity contribution in [1.82, 2.24) is 5.43 Å². The Balaban J connectivity index is 2.15. The van der Waals surface area contributed by atoms with Crippen LogP contribution in [0.15, 0.2) is 22.8 Å². The van der Waals surface area contributed by atoms with Crippen LogP contribution < -0.4 is 11.3 Å². The number of hydrazine groups is 1. The molecule has 0 radical (unpaired) electrons. The first-order chi connectivity index (χ1) is 5.83. The molecular weight excluding hydrogens is 160 g/mol. The highest BCUT2D eigenvalue weighted by Gasteiger charge is 1.99. The zero-order valence-corrected chi connectivity index (χ0v) is 6.45. The molecule has 3 N–H and O–H groups in total. The van der Waals surface area contributed by atoms with Crippen LogP contribution >= 0.6 is 0 Å². The molecule has 1 amide bonds. The fourth-order valence-corrected chi connectivity index (χ4v) is 0.681. The fraction of sp³-hybridized carbons (Fsp3) is 0.286. The molecule has 0 spiro atoms. The molecule has 0 aliphatic heterocycles. The molecule has 5 nitrogen and oxygen atoms in total. The second-order valence-electron chi connectivity index (χ2n) is 2.14. The minimum atomic E-state index is -0.360. The van der Waals surface area contributed by atoms with Crippen molar-refractivity contribution in [3.8, 4) is 0 Å². The van der Waals surface area contributed by atoms with Gasteiger partial charge in [0, 0.05) is 0 Å². The van der Waals surface area contributed by atoms with Gasteiger partial charge in [0.15, 0.2) is 0 Å². The summed E-state index contributed by atoms with van der Waals surface area (Å²) in [6.45, 7) is 0.220. The normalized spacial score (nSPS) is 9.75. The van der Waals surface area contributed by atoms with E-state index >= 15 is 0 Å². The van der Waals surface area contributed by atoms with E-state index in [0.717, 1.165) is 0 Å². The topological polar surface area (TPSA) is 77.5 Å². The van der Waals surface area contributed by atoms with Gasteiger partial charge in [-0.3, -0.25) is 10.2 Å². The zero-order chi connectivity index (χ0) is 8.81. The first kappa shape index (κ1) is 8.76. The van der Waals surface area contributed by atoms with Crippen LogP contribution in [-0.2, 0) is 16.1 Å². The Morgan fingerprint density at radius 3 is 3.17 bits per heavy atom. The molecule has 0 saturated heterocycles. The molecule has 0 aliphatic carbocycles. The maximum Gasteiger partial charge on any atom is 0.259 e. The van der Waals surface area contributed by atoms with Gasteiger partial charge in [0.1, 0.15) is 19.0 Å². The van der Waals surface area contributed by atoms with Gasteiger partial charge in [0.2, 0.25) is 0 Å². The van der Waals surface area contributed by atoms with Gasteiger partial charge >= 0.3 is 0 Å². The van der Waals surface area contributed by atoms with E-state index in [1.54, 1.807) is 18.4 Å². The van der Waals surface area contributed by atoms with Crippen molar-refractivity contribution < 1.29 is 13.9 Å². The van der Waals surface area contributed by atoms with Gasteiger partial charge in [-0.25, -0.2) is 5.84 Å². The van der Waals surface area contributed by atoms with E-state index in [-0.39, 0.29) is 19.1 Å². The SMILES string of the molecule is NNC(=O)COCc1ccco1. The van der Waals surface area contributed by atoms with Crippen molar-refractivity contribution in [3.63, 3.8) is 0 Å². The minimum absolute atomic E-state index is 0.0583. The monoisotopic (exact) mass is 170 g/mol. The summed E-state index contributed by atoms with van der Waals surface area (Å²) in [6, 6.07) is 3.52. The van der Waals surface area contributed by atoms with E-state index in [0.29, 0.717) is 5.76 Å². The van der Waals surface area contributed by atoms with Crippen LogP contribution in [0, 0.1) is 0 Å². The number of nitrogens with one attached hydrogen (secondary N) is 1. The Bertz CT molecular complexity index is 233. The highest BCUT2D eigenvalue weighted by molar-refractivity contribution is 5.76. The molecule has 5 heteroatoms. The summed E-state index contributed by atoms with van der Waals surface area (Å²) in [5.74, 6) is 5.15. The maximum absolute atomic E-state index is 10.5. The zero-order valence-electron chi connectivity index (χ0n) is 6.45. The van der Waals surface area contributed by atoms with Crippen LogP contribution in [0.5, 0.6) is 0 Å². The lowest BCUT2D eigenvalue weighted by atomic mass is 10.5. The second-order valence-corrected chi connectivity index (χ2v) is 2.14. The third kappa shape index (κ3) is 2.73. The minimum Gasteiger partial charge on any atom is -0.467 e. The molecule has 1 aromatic rings. The van der Waals surface area contributed by atoms with Gasteiger partial charge in [0.05, 0.1) is 6.26 Å². The number of nitrogens with two attached hydrogens (primary N) is 1. The molecular formula is C7H10N2O3. The summed E-state index contributed by atoms with van der Waals surface area (Å²) in [5, 5.41) is 0. The van der Waals surface area contributed by atoms with Crippen molar-refractivity contribution in [1.29, 1.82) is 0 Å². The summed E-state index contributed by atoms with van der Waals surface area (Å²) in [7, 11) is 0. The third-order valence-electron chi connectivity index (χ3n) is 1.22. The molecule has 0 unspecified atom stereocenters. The Labute approximate surface area is 69.5 Å². The molecule has 0 aromatic carbocycles. The van der Waals surface area contributed by atoms with Crippen LogP contribution in [0.2, 0.25) is 0 Å². The summed E-state index contributed by atoms with van der Waals surface area (Å²) in [5.41, 5.74) is 1.95. The van der Waals surface area contributed by atoms with Gasteiger partial charge in [-0.05, 0) is 12.1 Å². The molecule has 0 saturated carbocycles. The lowest BCUT2D eigenvalue weighted by Crippen LogP contribution is -2.33. The summed E-state index contributed by atoms with van der Waals surface area (Å²) < 4.78 is 9.91. The molecule has 0 bridgehead atoms. The Kier molecular flexibility index (Phi) is 3.31. The van der Waals surface area contributed by atoms with E-state index in [9.17, 15) is 4.79 Å². The molecule has 12 heavy (non-hydrogen) atoms. The van der Waals surface area contributed by atoms with Crippen LogP contribution in [0.25, 0.3) is 0 Å². The number of rotatable bonds is 4. The van der Waals surface area contributed by atoms with E-state index < -0.39 is 0 Å². The summed E-state index contributed by atoms with van der Waals surface area (Å²) in [4.78, 5) is 10.5. The van der Waals surface area contributed by atoms with Crippen molar-refractivity contribution in [2.75, 3.05) is 6.61 Å². The average Bonchev–Trinajstić information content (AvgIpc) is 2.57. The molecule has 1 aromatic heterocycles. The molecule has 1 heterocycles. The van der Waals surface area contributed by atoms with Gasteiger partial charge in [-0.15, -0.1) is 0 Å². The van der Waals surface area contributed by atoms with Crippen molar-refractivity contribution in [3.05, 3.63) is 24.2 Å². The quantitative estimate of drug-likeness (QED) is 0.372. The van der Waals surface area contributed by atoms with Crippen LogP contribution in [-0.4, -0.2) is 12.5 Å². The number of hydrogen-bond acceptors (Lipinski definition) is 4. The number of ether oxygens (including phenoxy) is 1. The third-order valence-corrected chi connectivity index (χ3v) is 1.22. The molecule has 1 rings (SSSR count). The molecule has 0 fully saturated rings. The maximum atomic E-state index is 10.5. The van der Waals surface area contributed by atoms with Crippen LogP contribution in [0.1, 0.15) is 5.76 Å². The number of furan rings is 1. The first-order valence-electron chi connectivity index (χ1n) is 3.42. The first-order valence-corrected chi connectivity index (χ1v) is 3.42. The van der Waals surface area contributed by atoms with Gasteiger partial charge in [0.25, 0.3) is 5.91 Å². The van der Waals surface area contributed by atoms with E-state index in [1.165, 1.54) is 0 Å². The summed E-state index contributed by atoms with van der Waals surface area (Å²) in [6.07, 6.45) is 1.54. The molecule has 66 valence electrons. The van der Waals surface area contributed by atoms with Crippen molar-refractivity contribution in [2.24, 2.45) is 5.84 Å². The van der Waals surface area contributed by atoms with E-state index in [1.807, 2.05) is 5.43 Å². The van der Waals surface area contributed by atoms with Gasteiger partial charge in [-0.1, -0.05) is 0 Å². The van der Waals surface area contributed by atoms with E-state index in [2.05, 4.69) is 0 Å². The van der Waals surface area contributed by atoms with Gasteiger partial charge in [-0.2, -0.15) is 0 Å².